The van der Waals surface area contributed by atoms with Crippen molar-refractivity contribution in [3.05, 3.63) is 24.4 Å². The summed E-state index contributed by atoms with van der Waals surface area (Å²) < 4.78 is 4.54. The molecular formula is C6H6NO2. The molecule has 1 aromatic rings. The van der Waals surface area contributed by atoms with E-state index in [0.29, 0.717) is 5.88 Å². The second-order valence-electron chi connectivity index (χ2n) is 1.43. The van der Waals surface area contributed by atoms with Gasteiger partial charge in [0, 0.05) is 12.3 Å². The van der Waals surface area contributed by atoms with Crippen molar-refractivity contribution in [2.45, 2.75) is 0 Å². The molecule has 0 saturated heterocycles. The Morgan fingerprint density at radius 3 is 3.00 bits per heavy atom. The van der Waals surface area contributed by atoms with Gasteiger partial charge in [0.2, 0.25) is 12.7 Å². The zero-order valence-electron chi connectivity index (χ0n) is 4.78. The van der Waals surface area contributed by atoms with Crippen LogP contribution in [0.2, 0.25) is 0 Å². The third-order valence-electron chi connectivity index (χ3n) is 0.845. The largest absolute Gasteiger partial charge is 0.448 e. The zero-order valence-corrected chi connectivity index (χ0v) is 4.78. The van der Waals surface area contributed by atoms with Crippen molar-refractivity contribution in [3.8, 4) is 5.88 Å². The van der Waals surface area contributed by atoms with E-state index in [4.69, 9.17) is 0 Å². The Morgan fingerprint density at radius 2 is 2.44 bits per heavy atom. The van der Waals surface area contributed by atoms with Gasteiger partial charge in [-0.2, -0.15) is 5.11 Å². The first-order chi connectivity index (χ1) is 4.43. The van der Waals surface area contributed by atoms with Crippen molar-refractivity contribution in [2.24, 2.45) is 0 Å². The normalized spacial score (nSPS) is 9.00. The Morgan fingerprint density at radius 1 is 1.56 bits per heavy atom. The lowest BCUT2D eigenvalue weighted by molar-refractivity contribution is 0.0343. The van der Waals surface area contributed by atoms with E-state index in [1.54, 1.807) is 24.4 Å². The molecule has 0 spiro atoms. The summed E-state index contributed by atoms with van der Waals surface area (Å²) in [4.78, 5) is 3.75. The van der Waals surface area contributed by atoms with Crippen LogP contribution in [0.25, 0.3) is 0 Å². The minimum Gasteiger partial charge on any atom is -0.448 e. The van der Waals surface area contributed by atoms with E-state index >= 15 is 0 Å². The summed E-state index contributed by atoms with van der Waals surface area (Å²) in [6.45, 7) is -0.572. The summed E-state index contributed by atoms with van der Waals surface area (Å²) in [6, 6.07) is 5.16. The van der Waals surface area contributed by atoms with Crippen LogP contribution in [0.15, 0.2) is 24.4 Å². The molecule has 1 radical (unpaired) electrons. The maximum absolute atomic E-state index is 9.84. The first kappa shape index (κ1) is 6.04. The Kier molecular flexibility index (Phi) is 2.04. The van der Waals surface area contributed by atoms with Gasteiger partial charge in [0.05, 0.1) is 0 Å². The van der Waals surface area contributed by atoms with E-state index < -0.39 is 6.79 Å². The smallest absolute Gasteiger partial charge is 0.223 e. The zero-order chi connectivity index (χ0) is 6.53. The van der Waals surface area contributed by atoms with Gasteiger partial charge in [-0.3, -0.25) is 0 Å². The molecule has 0 amide bonds. The summed E-state index contributed by atoms with van der Waals surface area (Å²) in [5.41, 5.74) is 0. The SMILES string of the molecule is [O]COc1ccccn1. The van der Waals surface area contributed by atoms with Crippen molar-refractivity contribution in [2.75, 3.05) is 6.79 Å². The monoisotopic (exact) mass is 124 g/mol. The fourth-order valence-corrected chi connectivity index (χ4v) is 0.493. The topological polar surface area (TPSA) is 42.0 Å². The third kappa shape index (κ3) is 1.70. The van der Waals surface area contributed by atoms with Crippen LogP contribution in [0.5, 0.6) is 5.88 Å². The number of hydrogen-bond acceptors (Lipinski definition) is 2. The van der Waals surface area contributed by atoms with Gasteiger partial charge in [0.15, 0.2) is 0 Å². The van der Waals surface area contributed by atoms with Crippen molar-refractivity contribution in [3.63, 3.8) is 0 Å². The Hall–Kier alpha value is -1.09. The molecule has 3 heteroatoms. The molecule has 3 nitrogen and oxygen atoms in total. The van der Waals surface area contributed by atoms with E-state index in [1.165, 1.54) is 0 Å². The van der Waals surface area contributed by atoms with Crippen LogP contribution >= 0.6 is 0 Å². The fourth-order valence-electron chi connectivity index (χ4n) is 0.493. The highest BCUT2D eigenvalue weighted by Crippen LogP contribution is 2.01. The molecule has 1 rings (SSSR count). The maximum Gasteiger partial charge on any atom is 0.223 e. The van der Waals surface area contributed by atoms with E-state index in [2.05, 4.69) is 9.72 Å². The molecule has 0 saturated carbocycles. The molecule has 0 aliphatic carbocycles. The van der Waals surface area contributed by atoms with Crippen LogP contribution in [0, 0.1) is 0 Å². The molecule has 9 heavy (non-hydrogen) atoms. The Bertz CT molecular complexity index is 164. The van der Waals surface area contributed by atoms with Gasteiger partial charge in [-0.25, -0.2) is 4.98 Å². The number of rotatable bonds is 2. The predicted molar refractivity (Wildman–Crippen MR) is 30.4 cm³/mol. The molecule has 0 aliphatic rings. The second kappa shape index (κ2) is 3.04. The summed E-state index contributed by atoms with van der Waals surface area (Å²) in [7, 11) is 0. The summed E-state index contributed by atoms with van der Waals surface area (Å²) in [5, 5.41) is 9.84. The first-order valence-electron chi connectivity index (χ1n) is 2.55. The van der Waals surface area contributed by atoms with Crippen LogP contribution in [0.1, 0.15) is 0 Å². The summed E-state index contributed by atoms with van der Waals surface area (Å²) >= 11 is 0. The lowest BCUT2D eigenvalue weighted by atomic mass is 10.5. The average molecular weight is 124 g/mol. The van der Waals surface area contributed by atoms with E-state index in [9.17, 15) is 5.11 Å². The quantitative estimate of drug-likeness (QED) is 0.548. The molecule has 0 atom stereocenters. The molecule has 0 N–H and O–H groups in total. The lowest BCUT2D eigenvalue weighted by Gasteiger charge is -1.95. The first-order valence-corrected chi connectivity index (χ1v) is 2.55. The Labute approximate surface area is 52.9 Å². The standard InChI is InChI=1S/C6H6NO2/c8-5-9-6-3-1-2-4-7-6/h1-4H,5H2. The molecular weight excluding hydrogens is 118 g/mol. The van der Waals surface area contributed by atoms with Crippen LogP contribution < -0.4 is 4.74 Å². The minimum atomic E-state index is -0.572. The van der Waals surface area contributed by atoms with Crippen LogP contribution in [0.4, 0.5) is 0 Å². The molecule has 1 aromatic heterocycles. The molecule has 0 aromatic carbocycles. The molecule has 0 fully saturated rings. The number of pyridine rings is 1. The number of ether oxygens (including phenoxy) is 1. The van der Waals surface area contributed by atoms with Gasteiger partial charge in [-0.15, -0.1) is 0 Å². The molecule has 47 valence electrons. The molecule has 0 unspecified atom stereocenters. The maximum atomic E-state index is 9.84. The summed E-state index contributed by atoms with van der Waals surface area (Å²) in [5.74, 6) is 0.382. The van der Waals surface area contributed by atoms with Crippen LogP contribution in [0.3, 0.4) is 0 Å². The highest BCUT2D eigenvalue weighted by molar-refractivity contribution is 5.08. The van der Waals surface area contributed by atoms with Crippen LogP contribution in [-0.4, -0.2) is 11.8 Å². The van der Waals surface area contributed by atoms with E-state index in [0.717, 1.165) is 0 Å². The van der Waals surface area contributed by atoms with Crippen molar-refractivity contribution in [1.29, 1.82) is 0 Å². The predicted octanol–water partition coefficient (Wildman–Crippen LogP) is 0.848. The third-order valence-corrected chi connectivity index (χ3v) is 0.845. The summed E-state index contributed by atoms with van der Waals surface area (Å²) in [6.07, 6.45) is 1.57. The van der Waals surface area contributed by atoms with Gasteiger partial charge >= 0.3 is 0 Å². The number of hydrogen-bond donors (Lipinski definition) is 0. The van der Waals surface area contributed by atoms with Crippen molar-refractivity contribution in [1.82, 2.24) is 4.98 Å². The van der Waals surface area contributed by atoms with Gasteiger partial charge in [-0.05, 0) is 6.07 Å². The highest BCUT2D eigenvalue weighted by atomic mass is 16.6. The molecule has 0 bridgehead atoms. The fraction of sp³-hybridized carbons (Fsp3) is 0.167. The highest BCUT2D eigenvalue weighted by Gasteiger charge is 1.87. The van der Waals surface area contributed by atoms with E-state index in [1.807, 2.05) is 0 Å². The molecule has 1 heterocycles. The van der Waals surface area contributed by atoms with Crippen LogP contribution in [-0.2, 0) is 5.11 Å². The number of aromatic nitrogens is 1. The Balaban J connectivity index is 2.61. The van der Waals surface area contributed by atoms with Gasteiger partial charge < -0.3 is 4.74 Å². The second-order valence-corrected chi connectivity index (χ2v) is 1.43. The van der Waals surface area contributed by atoms with Gasteiger partial charge in [0.25, 0.3) is 0 Å². The lowest BCUT2D eigenvalue weighted by Crippen LogP contribution is -1.93. The number of nitrogens with zero attached hydrogens (tertiary/aromatic N) is 1. The van der Waals surface area contributed by atoms with Crippen molar-refractivity contribution < 1.29 is 9.84 Å². The molecule has 0 aliphatic heterocycles. The van der Waals surface area contributed by atoms with Gasteiger partial charge in [0.1, 0.15) is 0 Å². The van der Waals surface area contributed by atoms with E-state index in [-0.39, 0.29) is 0 Å². The van der Waals surface area contributed by atoms with Gasteiger partial charge in [-0.1, -0.05) is 6.07 Å². The minimum absolute atomic E-state index is 0.382. The van der Waals surface area contributed by atoms with Crippen molar-refractivity contribution >= 4 is 0 Å². The average Bonchev–Trinajstić information content (AvgIpc) is 1.91.